The molecule has 2 N–H and O–H groups in total. The lowest BCUT2D eigenvalue weighted by Crippen LogP contribution is -2.44. The van der Waals surface area contributed by atoms with Gasteiger partial charge in [-0.05, 0) is 47.0 Å². The highest BCUT2D eigenvalue weighted by atomic mass is 79.9. The number of carbonyl (C=O) groups excluding carboxylic acids is 1. The van der Waals surface area contributed by atoms with Gasteiger partial charge in [0.15, 0.2) is 5.78 Å². The average molecular weight is 298 g/mol. The molecule has 0 saturated heterocycles. The van der Waals surface area contributed by atoms with Gasteiger partial charge < -0.3 is 10.5 Å². The summed E-state index contributed by atoms with van der Waals surface area (Å²) in [5, 5.41) is 0. The van der Waals surface area contributed by atoms with Crippen LogP contribution in [0.5, 0.6) is 5.75 Å². The zero-order chi connectivity index (χ0) is 12.5. The van der Waals surface area contributed by atoms with Crippen molar-refractivity contribution in [2.24, 2.45) is 11.1 Å². The first-order valence-corrected chi connectivity index (χ1v) is 6.51. The number of ether oxygens (including phenoxy) is 1. The summed E-state index contributed by atoms with van der Waals surface area (Å²) in [4.78, 5) is 12.4. The zero-order valence-corrected chi connectivity index (χ0v) is 11.4. The third-order valence-electron chi connectivity index (χ3n) is 3.60. The van der Waals surface area contributed by atoms with Crippen molar-refractivity contribution < 1.29 is 9.53 Å². The molecule has 0 spiro atoms. The molecule has 4 heteroatoms. The number of Topliss-reactive ketones (excluding diaryl/α,β-unsaturated/α-hetero) is 1. The number of methoxy groups -OCH3 is 1. The maximum absolute atomic E-state index is 12.4. The van der Waals surface area contributed by atoms with E-state index in [4.69, 9.17) is 10.5 Å². The minimum atomic E-state index is -0.311. The van der Waals surface area contributed by atoms with Crippen LogP contribution in [-0.4, -0.2) is 19.4 Å². The molecule has 0 heterocycles. The van der Waals surface area contributed by atoms with E-state index in [2.05, 4.69) is 15.9 Å². The third-order valence-corrected chi connectivity index (χ3v) is 4.22. The van der Waals surface area contributed by atoms with E-state index in [1.807, 2.05) is 12.1 Å². The Morgan fingerprint density at radius 1 is 1.53 bits per heavy atom. The van der Waals surface area contributed by atoms with Crippen LogP contribution in [0.15, 0.2) is 22.7 Å². The first-order valence-electron chi connectivity index (χ1n) is 5.71. The Hall–Kier alpha value is -0.870. The van der Waals surface area contributed by atoms with Gasteiger partial charge in [-0.25, -0.2) is 0 Å². The fourth-order valence-electron chi connectivity index (χ4n) is 2.24. The lowest BCUT2D eigenvalue weighted by atomic mass is 9.64. The van der Waals surface area contributed by atoms with E-state index in [0.29, 0.717) is 12.1 Å². The van der Waals surface area contributed by atoms with Gasteiger partial charge in [0.05, 0.1) is 11.6 Å². The molecule has 1 aromatic carbocycles. The van der Waals surface area contributed by atoms with Crippen molar-refractivity contribution in [3.63, 3.8) is 0 Å². The van der Waals surface area contributed by atoms with Crippen molar-refractivity contribution in [2.45, 2.75) is 19.3 Å². The van der Waals surface area contributed by atoms with Gasteiger partial charge in [0, 0.05) is 17.5 Å². The molecule has 2 rings (SSSR count). The number of ketones is 1. The second-order valence-electron chi connectivity index (χ2n) is 4.52. The van der Waals surface area contributed by atoms with Crippen molar-refractivity contribution in [3.8, 4) is 5.75 Å². The monoisotopic (exact) mass is 297 g/mol. The molecule has 1 aliphatic rings. The average Bonchev–Trinajstić information content (AvgIpc) is 2.28. The van der Waals surface area contributed by atoms with Crippen LogP contribution in [0.2, 0.25) is 0 Å². The highest BCUT2D eigenvalue weighted by Gasteiger charge is 2.43. The molecule has 3 nitrogen and oxygen atoms in total. The Bertz CT molecular complexity index is 436. The van der Waals surface area contributed by atoms with Crippen molar-refractivity contribution in [2.75, 3.05) is 13.7 Å². The van der Waals surface area contributed by atoms with Crippen molar-refractivity contribution in [1.82, 2.24) is 0 Å². The Balaban J connectivity index is 2.28. The van der Waals surface area contributed by atoms with Gasteiger partial charge >= 0.3 is 0 Å². The van der Waals surface area contributed by atoms with E-state index in [1.54, 1.807) is 13.2 Å². The predicted molar refractivity (Wildman–Crippen MR) is 70.4 cm³/mol. The van der Waals surface area contributed by atoms with Crippen LogP contribution >= 0.6 is 15.9 Å². The van der Waals surface area contributed by atoms with Crippen LogP contribution in [0, 0.1) is 5.41 Å². The molecule has 1 fully saturated rings. The molecule has 1 aromatic rings. The van der Waals surface area contributed by atoms with Crippen LogP contribution in [-0.2, 0) is 0 Å². The topological polar surface area (TPSA) is 52.3 Å². The second kappa shape index (κ2) is 4.78. The highest BCUT2D eigenvalue weighted by Crippen LogP contribution is 2.43. The summed E-state index contributed by atoms with van der Waals surface area (Å²) in [6.45, 7) is 0.440. The number of hydrogen-bond donors (Lipinski definition) is 1. The molecule has 0 radical (unpaired) electrons. The molecular weight excluding hydrogens is 282 g/mol. The lowest BCUT2D eigenvalue weighted by Gasteiger charge is -2.39. The van der Waals surface area contributed by atoms with Gasteiger partial charge in [-0.1, -0.05) is 6.42 Å². The maximum atomic E-state index is 12.4. The third kappa shape index (κ3) is 2.11. The van der Waals surface area contributed by atoms with Crippen molar-refractivity contribution >= 4 is 21.7 Å². The molecule has 0 unspecified atom stereocenters. The fraction of sp³-hybridized carbons (Fsp3) is 0.462. The molecule has 0 atom stereocenters. The van der Waals surface area contributed by atoms with Crippen molar-refractivity contribution in [1.29, 1.82) is 0 Å². The molecule has 92 valence electrons. The number of halogens is 1. The van der Waals surface area contributed by atoms with E-state index in [0.717, 1.165) is 29.5 Å². The number of benzene rings is 1. The largest absolute Gasteiger partial charge is 0.496 e. The summed E-state index contributed by atoms with van der Waals surface area (Å²) < 4.78 is 5.95. The minimum absolute atomic E-state index is 0.162. The summed E-state index contributed by atoms with van der Waals surface area (Å²) in [5.41, 5.74) is 6.14. The van der Waals surface area contributed by atoms with Gasteiger partial charge in [-0.15, -0.1) is 0 Å². The summed E-state index contributed by atoms with van der Waals surface area (Å²) in [6.07, 6.45) is 2.91. The summed E-state index contributed by atoms with van der Waals surface area (Å²) in [7, 11) is 1.61. The van der Waals surface area contributed by atoms with Gasteiger partial charge in [0.25, 0.3) is 0 Å². The van der Waals surface area contributed by atoms with Gasteiger partial charge in [-0.3, -0.25) is 4.79 Å². The molecule has 1 aliphatic carbocycles. The Morgan fingerprint density at radius 3 is 2.65 bits per heavy atom. The fourth-order valence-corrected chi connectivity index (χ4v) is 2.78. The number of carbonyl (C=O) groups is 1. The molecule has 17 heavy (non-hydrogen) atoms. The smallest absolute Gasteiger partial charge is 0.170 e. The van der Waals surface area contributed by atoms with E-state index < -0.39 is 0 Å². The number of nitrogens with two attached hydrogens (primary N) is 1. The number of hydrogen-bond acceptors (Lipinski definition) is 3. The van der Waals surface area contributed by atoms with E-state index >= 15 is 0 Å². The predicted octanol–water partition coefficient (Wildman–Crippen LogP) is 2.77. The molecule has 1 saturated carbocycles. The Morgan fingerprint density at radius 2 is 2.24 bits per heavy atom. The zero-order valence-electron chi connectivity index (χ0n) is 9.83. The van der Waals surface area contributed by atoms with Gasteiger partial charge in [-0.2, -0.15) is 0 Å². The molecule has 0 bridgehead atoms. The van der Waals surface area contributed by atoms with Crippen LogP contribution < -0.4 is 10.5 Å². The van der Waals surface area contributed by atoms with Gasteiger partial charge in [0.1, 0.15) is 5.75 Å². The Labute approximate surface area is 109 Å². The summed E-state index contributed by atoms with van der Waals surface area (Å²) in [5.74, 6) is 0.895. The van der Waals surface area contributed by atoms with Crippen molar-refractivity contribution in [3.05, 3.63) is 28.2 Å². The molecular formula is C13H16BrNO2. The summed E-state index contributed by atoms with van der Waals surface area (Å²) >= 11 is 3.40. The summed E-state index contributed by atoms with van der Waals surface area (Å²) in [6, 6.07) is 5.43. The Kier molecular flexibility index (Phi) is 3.54. The molecule has 0 aromatic heterocycles. The van der Waals surface area contributed by atoms with Crippen LogP contribution in [0.4, 0.5) is 0 Å². The maximum Gasteiger partial charge on any atom is 0.170 e. The quantitative estimate of drug-likeness (QED) is 0.870. The number of rotatable bonds is 4. The van der Waals surface area contributed by atoms with Crippen LogP contribution in [0.3, 0.4) is 0 Å². The van der Waals surface area contributed by atoms with E-state index in [-0.39, 0.29) is 11.2 Å². The molecule has 0 aliphatic heterocycles. The first-order chi connectivity index (χ1) is 8.13. The normalized spacial score (nSPS) is 17.4. The van der Waals surface area contributed by atoms with Gasteiger partial charge in [0.2, 0.25) is 0 Å². The lowest BCUT2D eigenvalue weighted by molar-refractivity contribution is 0.0636. The standard InChI is InChI=1S/C13H16BrNO2/c1-17-11-4-3-9(7-10(11)14)12(16)13(8-15)5-2-6-13/h3-4,7H,2,5-6,8,15H2,1H3. The van der Waals surface area contributed by atoms with Crippen LogP contribution in [0.25, 0.3) is 0 Å². The van der Waals surface area contributed by atoms with E-state index in [9.17, 15) is 4.79 Å². The van der Waals surface area contributed by atoms with E-state index in [1.165, 1.54) is 0 Å². The molecule has 0 amide bonds. The first kappa shape index (κ1) is 12.6. The van der Waals surface area contributed by atoms with Crippen LogP contribution in [0.1, 0.15) is 29.6 Å². The minimum Gasteiger partial charge on any atom is -0.496 e. The highest BCUT2D eigenvalue weighted by molar-refractivity contribution is 9.10. The SMILES string of the molecule is COc1ccc(C(=O)C2(CN)CCC2)cc1Br. The second-order valence-corrected chi connectivity index (χ2v) is 5.37.